The van der Waals surface area contributed by atoms with Gasteiger partial charge in [-0.05, 0) is 56.6 Å². The van der Waals surface area contributed by atoms with Crippen LogP contribution < -0.4 is 10.6 Å². The molecule has 1 heterocycles. The maximum absolute atomic E-state index is 12.1. The number of carbonyl (C=O) groups excluding carboxylic acids is 1. The average molecular weight is 541 g/mol. The zero-order valence-electron chi connectivity index (χ0n) is 23.1. The molecular weight excluding hydrogens is 492 g/mol. The Morgan fingerprint density at radius 3 is 1.79 bits per heavy atom. The van der Waals surface area contributed by atoms with Gasteiger partial charge in [0.05, 0.1) is 84.3 Å². The van der Waals surface area contributed by atoms with E-state index in [1.54, 1.807) is 12.1 Å². The van der Waals surface area contributed by atoms with Crippen LogP contribution in [0, 0.1) is 0 Å². The predicted octanol–water partition coefficient (Wildman–Crippen LogP) is 2.91. The largest absolute Gasteiger partial charge is 0.460 e. The first-order valence-corrected chi connectivity index (χ1v) is 14.0. The number of esters is 1. The maximum Gasteiger partial charge on any atom is 0.338 e. The first-order chi connectivity index (χ1) is 18.8. The van der Waals surface area contributed by atoms with E-state index in [1.807, 2.05) is 12.1 Å². The van der Waals surface area contributed by atoms with Crippen molar-refractivity contribution in [2.24, 2.45) is 0 Å². The van der Waals surface area contributed by atoms with Crippen LogP contribution in [0.2, 0.25) is 0 Å². The van der Waals surface area contributed by atoms with E-state index >= 15 is 0 Å². The molecule has 10 nitrogen and oxygen atoms in total. The van der Waals surface area contributed by atoms with Crippen LogP contribution in [-0.2, 0) is 33.2 Å². The van der Waals surface area contributed by atoms with Gasteiger partial charge in [-0.15, -0.1) is 0 Å². The molecule has 2 N–H and O–H groups in total. The molecule has 218 valence electrons. The smallest absolute Gasteiger partial charge is 0.338 e. The molecule has 10 heteroatoms. The van der Waals surface area contributed by atoms with E-state index in [4.69, 9.17) is 33.2 Å². The third-order valence-corrected chi connectivity index (χ3v) is 5.80. The van der Waals surface area contributed by atoms with Crippen molar-refractivity contribution in [3.8, 4) is 0 Å². The molecular formula is C28H48N2O8. The second-order valence-electron chi connectivity index (χ2n) is 8.88. The summed E-state index contributed by atoms with van der Waals surface area (Å²) in [6, 6.07) is 7.31. The van der Waals surface area contributed by atoms with E-state index in [0.29, 0.717) is 84.3 Å². The van der Waals surface area contributed by atoms with Gasteiger partial charge >= 0.3 is 5.97 Å². The van der Waals surface area contributed by atoms with Crippen LogP contribution >= 0.6 is 0 Å². The van der Waals surface area contributed by atoms with Crippen LogP contribution in [0.3, 0.4) is 0 Å². The molecule has 1 saturated heterocycles. The zero-order valence-corrected chi connectivity index (χ0v) is 23.1. The van der Waals surface area contributed by atoms with E-state index in [1.165, 1.54) is 0 Å². The van der Waals surface area contributed by atoms with Crippen molar-refractivity contribution in [2.75, 3.05) is 104 Å². The number of hydrogen-bond donors (Lipinski definition) is 2. The maximum atomic E-state index is 12.1. The Kier molecular flexibility index (Phi) is 19.7. The fourth-order valence-electron chi connectivity index (χ4n) is 3.63. The van der Waals surface area contributed by atoms with Gasteiger partial charge in [0.25, 0.3) is 0 Å². The monoisotopic (exact) mass is 540 g/mol. The summed E-state index contributed by atoms with van der Waals surface area (Å²) in [6.45, 7) is 10.9. The molecule has 1 aromatic carbocycles. The van der Waals surface area contributed by atoms with E-state index in [0.717, 1.165) is 51.0 Å². The number of benzene rings is 1. The fourth-order valence-corrected chi connectivity index (χ4v) is 3.63. The minimum Gasteiger partial charge on any atom is -0.460 e. The van der Waals surface area contributed by atoms with Crippen LogP contribution in [0.5, 0.6) is 0 Å². The van der Waals surface area contributed by atoms with Gasteiger partial charge in [-0.25, -0.2) is 4.79 Å². The number of hydrogen-bond acceptors (Lipinski definition) is 10. The minimum absolute atomic E-state index is 0.204. The summed E-state index contributed by atoms with van der Waals surface area (Å²) >= 11 is 0. The Labute approximate surface area is 228 Å². The number of rotatable bonds is 24. The van der Waals surface area contributed by atoms with E-state index in [9.17, 15) is 4.79 Å². The number of carbonyl (C=O) groups is 1. The lowest BCUT2D eigenvalue weighted by Gasteiger charge is -2.22. The summed E-state index contributed by atoms with van der Waals surface area (Å²) in [4.78, 5) is 12.1. The highest BCUT2D eigenvalue weighted by molar-refractivity contribution is 5.89. The Morgan fingerprint density at radius 1 is 0.763 bits per heavy atom. The molecule has 0 radical (unpaired) electrons. The highest BCUT2D eigenvalue weighted by Crippen LogP contribution is 2.11. The predicted molar refractivity (Wildman–Crippen MR) is 146 cm³/mol. The standard InChI is InChI=1S/C28H48N2O8/c1-2-3-10-30-26-6-4-25(5-7-26)28(31)38-24-22-36-20-18-34-16-14-32-13-15-33-17-19-35-21-23-37-27-8-11-29-12-9-27/h4-7,27,29-30H,2-3,8-24H2,1H3. The van der Waals surface area contributed by atoms with Crippen LogP contribution in [0.25, 0.3) is 0 Å². The normalized spacial score (nSPS) is 14.0. The van der Waals surface area contributed by atoms with Gasteiger partial charge < -0.3 is 43.8 Å². The zero-order chi connectivity index (χ0) is 26.9. The molecule has 0 bridgehead atoms. The molecule has 0 aromatic heterocycles. The minimum atomic E-state index is -0.351. The second-order valence-corrected chi connectivity index (χ2v) is 8.88. The number of piperidine rings is 1. The van der Waals surface area contributed by atoms with Gasteiger partial charge in [0.1, 0.15) is 6.61 Å². The van der Waals surface area contributed by atoms with Crippen molar-refractivity contribution in [1.29, 1.82) is 0 Å². The van der Waals surface area contributed by atoms with Gasteiger partial charge in [-0.1, -0.05) is 13.3 Å². The summed E-state index contributed by atoms with van der Waals surface area (Å²) in [7, 11) is 0. The molecule has 2 rings (SSSR count). The van der Waals surface area contributed by atoms with Crippen molar-refractivity contribution in [2.45, 2.75) is 38.7 Å². The SMILES string of the molecule is CCCCNc1ccc(C(=O)OCCOCCOCCOCCOCCOCCOC2CCNCC2)cc1. The molecule has 0 amide bonds. The number of nitrogens with one attached hydrogen (secondary N) is 2. The average Bonchev–Trinajstić information content (AvgIpc) is 2.95. The van der Waals surface area contributed by atoms with Crippen LogP contribution in [0.1, 0.15) is 43.0 Å². The van der Waals surface area contributed by atoms with Gasteiger partial charge in [0.15, 0.2) is 0 Å². The number of anilines is 1. The Balaban J connectivity index is 1.26. The molecule has 1 aliphatic rings. The lowest BCUT2D eigenvalue weighted by molar-refractivity contribution is -0.0302. The fraction of sp³-hybridized carbons (Fsp3) is 0.750. The number of ether oxygens (including phenoxy) is 7. The van der Waals surface area contributed by atoms with Gasteiger partial charge in [0.2, 0.25) is 0 Å². The van der Waals surface area contributed by atoms with Gasteiger partial charge in [-0.3, -0.25) is 0 Å². The van der Waals surface area contributed by atoms with Crippen molar-refractivity contribution >= 4 is 11.7 Å². The van der Waals surface area contributed by atoms with E-state index in [-0.39, 0.29) is 12.6 Å². The lowest BCUT2D eigenvalue weighted by atomic mass is 10.1. The molecule has 0 atom stereocenters. The summed E-state index contributed by atoms with van der Waals surface area (Å²) < 4.78 is 38.4. The second kappa shape index (κ2) is 23.1. The summed E-state index contributed by atoms with van der Waals surface area (Å²) in [5.41, 5.74) is 1.53. The van der Waals surface area contributed by atoms with E-state index < -0.39 is 0 Å². The Hall–Kier alpha value is -1.79. The molecule has 0 spiro atoms. The van der Waals surface area contributed by atoms with Crippen LogP contribution in [-0.4, -0.2) is 111 Å². The van der Waals surface area contributed by atoms with Crippen molar-refractivity contribution in [3.63, 3.8) is 0 Å². The summed E-state index contributed by atoms with van der Waals surface area (Å²) in [5.74, 6) is -0.351. The van der Waals surface area contributed by atoms with Gasteiger partial charge in [-0.2, -0.15) is 0 Å². The lowest BCUT2D eigenvalue weighted by Crippen LogP contribution is -2.33. The van der Waals surface area contributed by atoms with E-state index in [2.05, 4.69) is 17.6 Å². The molecule has 1 fully saturated rings. The van der Waals surface area contributed by atoms with Crippen LogP contribution in [0.4, 0.5) is 5.69 Å². The third-order valence-electron chi connectivity index (χ3n) is 5.80. The van der Waals surface area contributed by atoms with Crippen LogP contribution in [0.15, 0.2) is 24.3 Å². The molecule has 0 saturated carbocycles. The highest BCUT2D eigenvalue weighted by Gasteiger charge is 2.12. The molecule has 1 aromatic rings. The summed E-state index contributed by atoms with van der Waals surface area (Å²) in [6.07, 6.45) is 4.78. The Morgan fingerprint density at radius 2 is 1.26 bits per heavy atom. The topological polar surface area (TPSA) is 106 Å². The van der Waals surface area contributed by atoms with Crippen molar-refractivity contribution in [3.05, 3.63) is 29.8 Å². The van der Waals surface area contributed by atoms with Crippen molar-refractivity contribution < 1.29 is 38.0 Å². The first kappa shape index (κ1) is 32.4. The quantitative estimate of drug-likeness (QED) is 0.150. The number of unbranched alkanes of at least 4 members (excludes halogenated alkanes) is 1. The Bertz CT molecular complexity index is 686. The van der Waals surface area contributed by atoms with Gasteiger partial charge in [0, 0.05) is 12.2 Å². The summed E-state index contributed by atoms with van der Waals surface area (Å²) in [5, 5.41) is 6.64. The molecule has 0 unspecified atom stereocenters. The molecule has 38 heavy (non-hydrogen) atoms. The molecule has 1 aliphatic heterocycles. The highest BCUT2D eigenvalue weighted by atomic mass is 16.6. The molecule has 0 aliphatic carbocycles. The first-order valence-electron chi connectivity index (χ1n) is 14.0. The van der Waals surface area contributed by atoms with Crippen molar-refractivity contribution in [1.82, 2.24) is 5.32 Å². The third kappa shape index (κ3) is 16.9.